The van der Waals surface area contributed by atoms with Gasteiger partial charge in [0.25, 0.3) is 0 Å². The van der Waals surface area contributed by atoms with E-state index in [1.807, 2.05) is 12.3 Å². The molecule has 0 saturated carbocycles. The van der Waals surface area contributed by atoms with Gasteiger partial charge in [0.15, 0.2) is 0 Å². The molecule has 0 spiro atoms. The fraction of sp³-hybridized carbons (Fsp3) is 0.182. The summed E-state index contributed by atoms with van der Waals surface area (Å²) in [5, 5.41) is 6.51. The van der Waals surface area contributed by atoms with E-state index in [4.69, 9.17) is 11.6 Å². The first-order valence-electron chi connectivity index (χ1n) is 4.75. The standard InChI is InChI=1S/C11H10ClFN2S/c1-7-15-9(6-16-7)5-14-11-3-2-8(13)4-10(11)12/h2-4,6,14H,5H2,1H3. The summed E-state index contributed by atoms with van der Waals surface area (Å²) < 4.78 is 12.8. The smallest absolute Gasteiger partial charge is 0.124 e. The SMILES string of the molecule is Cc1nc(CNc2ccc(F)cc2Cl)cs1. The van der Waals surface area contributed by atoms with E-state index in [0.29, 0.717) is 17.3 Å². The van der Waals surface area contributed by atoms with Crippen LogP contribution in [0, 0.1) is 12.7 Å². The van der Waals surface area contributed by atoms with E-state index in [2.05, 4.69) is 10.3 Å². The van der Waals surface area contributed by atoms with Crippen molar-refractivity contribution < 1.29 is 4.39 Å². The normalized spacial score (nSPS) is 10.4. The molecule has 0 aliphatic rings. The molecule has 2 nitrogen and oxygen atoms in total. The number of rotatable bonds is 3. The lowest BCUT2D eigenvalue weighted by molar-refractivity contribution is 0.628. The molecular weight excluding hydrogens is 247 g/mol. The van der Waals surface area contributed by atoms with Crippen LogP contribution in [0.4, 0.5) is 10.1 Å². The zero-order valence-electron chi connectivity index (χ0n) is 8.63. The molecule has 1 N–H and O–H groups in total. The summed E-state index contributed by atoms with van der Waals surface area (Å²) in [5.41, 5.74) is 1.68. The van der Waals surface area contributed by atoms with Crippen molar-refractivity contribution in [2.45, 2.75) is 13.5 Å². The molecule has 0 unspecified atom stereocenters. The minimum absolute atomic E-state index is 0.333. The van der Waals surface area contributed by atoms with Gasteiger partial charge in [-0.2, -0.15) is 0 Å². The first-order valence-corrected chi connectivity index (χ1v) is 6.01. The van der Waals surface area contributed by atoms with E-state index < -0.39 is 0 Å². The number of nitrogens with zero attached hydrogens (tertiary/aromatic N) is 1. The maximum absolute atomic E-state index is 12.8. The van der Waals surface area contributed by atoms with Gasteiger partial charge >= 0.3 is 0 Å². The Bertz CT molecular complexity index is 498. The molecule has 5 heteroatoms. The lowest BCUT2D eigenvalue weighted by Gasteiger charge is -2.06. The Morgan fingerprint density at radius 3 is 2.94 bits per heavy atom. The van der Waals surface area contributed by atoms with E-state index in [-0.39, 0.29) is 5.82 Å². The third kappa shape index (κ3) is 2.71. The van der Waals surface area contributed by atoms with Crippen LogP contribution in [-0.2, 0) is 6.54 Å². The van der Waals surface area contributed by atoms with Gasteiger partial charge in [0.2, 0.25) is 0 Å². The third-order valence-electron chi connectivity index (χ3n) is 2.06. The number of nitrogens with one attached hydrogen (secondary N) is 1. The Kier molecular flexibility index (Phi) is 3.41. The van der Waals surface area contributed by atoms with Crippen LogP contribution < -0.4 is 5.32 Å². The molecule has 0 fully saturated rings. The molecule has 0 radical (unpaired) electrons. The maximum Gasteiger partial charge on any atom is 0.124 e. The van der Waals surface area contributed by atoms with Gasteiger partial charge in [-0.3, -0.25) is 0 Å². The Balaban J connectivity index is 2.04. The summed E-state index contributed by atoms with van der Waals surface area (Å²) in [7, 11) is 0. The second-order valence-electron chi connectivity index (χ2n) is 3.34. The average molecular weight is 257 g/mol. The summed E-state index contributed by atoms with van der Waals surface area (Å²) in [6.07, 6.45) is 0. The molecule has 0 bridgehead atoms. The lowest BCUT2D eigenvalue weighted by atomic mass is 10.3. The molecule has 16 heavy (non-hydrogen) atoms. The number of thiazole rings is 1. The molecule has 2 aromatic rings. The molecule has 84 valence electrons. The van der Waals surface area contributed by atoms with Gasteiger partial charge in [-0.25, -0.2) is 9.37 Å². The van der Waals surface area contributed by atoms with E-state index in [9.17, 15) is 4.39 Å². The zero-order chi connectivity index (χ0) is 11.5. The molecule has 2 rings (SSSR count). The van der Waals surface area contributed by atoms with Crippen LogP contribution in [0.3, 0.4) is 0 Å². The molecular formula is C11H10ClFN2S. The molecule has 0 amide bonds. The minimum atomic E-state index is -0.333. The van der Waals surface area contributed by atoms with Crippen LogP contribution in [0.25, 0.3) is 0 Å². The summed E-state index contributed by atoms with van der Waals surface area (Å²) in [5.74, 6) is -0.333. The van der Waals surface area contributed by atoms with Gasteiger partial charge in [0, 0.05) is 5.38 Å². The maximum atomic E-state index is 12.8. The van der Waals surface area contributed by atoms with Crippen molar-refractivity contribution in [3.8, 4) is 0 Å². The molecule has 0 aliphatic carbocycles. The van der Waals surface area contributed by atoms with Crippen molar-refractivity contribution in [3.05, 3.63) is 45.1 Å². The van der Waals surface area contributed by atoms with Crippen LogP contribution in [0.2, 0.25) is 5.02 Å². The number of aromatic nitrogens is 1. The summed E-state index contributed by atoms with van der Waals surface area (Å²) in [4.78, 5) is 4.31. The predicted octanol–water partition coefficient (Wildman–Crippen LogP) is 3.86. The predicted molar refractivity (Wildman–Crippen MR) is 65.6 cm³/mol. The third-order valence-corrected chi connectivity index (χ3v) is 3.19. The fourth-order valence-electron chi connectivity index (χ4n) is 1.31. The van der Waals surface area contributed by atoms with Crippen LogP contribution >= 0.6 is 22.9 Å². The monoisotopic (exact) mass is 256 g/mol. The summed E-state index contributed by atoms with van der Waals surface area (Å²) in [6, 6.07) is 4.29. The molecule has 0 aliphatic heterocycles. The fourth-order valence-corrected chi connectivity index (χ4v) is 2.15. The molecule has 1 aromatic heterocycles. The quantitative estimate of drug-likeness (QED) is 0.902. The van der Waals surface area contributed by atoms with E-state index in [1.54, 1.807) is 17.4 Å². The van der Waals surface area contributed by atoms with Crippen molar-refractivity contribution in [3.63, 3.8) is 0 Å². The van der Waals surface area contributed by atoms with Crippen molar-refractivity contribution in [2.75, 3.05) is 5.32 Å². The van der Waals surface area contributed by atoms with Gasteiger partial charge < -0.3 is 5.32 Å². The van der Waals surface area contributed by atoms with E-state index >= 15 is 0 Å². The highest BCUT2D eigenvalue weighted by molar-refractivity contribution is 7.09. The first-order chi connectivity index (χ1) is 7.65. The van der Waals surface area contributed by atoms with Gasteiger partial charge in [0.05, 0.1) is 28.0 Å². The molecule has 0 atom stereocenters. The molecule has 1 aromatic carbocycles. The van der Waals surface area contributed by atoms with Gasteiger partial charge in [-0.1, -0.05) is 11.6 Å². The Labute approximate surface area is 102 Å². The van der Waals surface area contributed by atoms with Gasteiger partial charge in [-0.15, -0.1) is 11.3 Å². The number of anilines is 1. The second kappa shape index (κ2) is 4.80. The Morgan fingerprint density at radius 2 is 2.31 bits per heavy atom. The number of halogens is 2. The van der Waals surface area contributed by atoms with Gasteiger partial charge in [0.1, 0.15) is 5.82 Å². The largest absolute Gasteiger partial charge is 0.378 e. The average Bonchev–Trinajstić information content (AvgIpc) is 2.63. The van der Waals surface area contributed by atoms with Crippen LogP contribution in [-0.4, -0.2) is 4.98 Å². The lowest BCUT2D eigenvalue weighted by Crippen LogP contribution is -2.00. The second-order valence-corrected chi connectivity index (χ2v) is 4.81. The number of aryl methyl sites for hydroxylation is 1. The molecule has 1 heterocycles. The van der Waals surface area contributed by atoms with Crippen LogP contribution in [0.15, 0.2) is 23.6 Å². The van der Waals surface area contributed by atoms with Crippen molar-refractivity contribution in [1.82, 2.24) is 4.98 Å². The number of hydrogen-bond acceptors (Lipinski definition) is 3. The van der Waals surface area contributed by atoms with Crippen molar-refractivity contribution in [1.29, 1.82) is 0 Å². The Morgan fingerprint density at radius 1 is 1.50 bits per heavy atom. The highest BCUT2D eigenvalue weighted by atomic mass is 35.5. The van der Waals surface area contributed by atoms with Crippen molar-refractivity contribution >= 4 is 28.6 Å². The molecule has 0 saturated heterocycles. The highest BCUT2D eigenvalue weighted by Crippen LogP contribution is 2.23. The highest BCUT2D eigenvalue weighted by Gasteiger charge is 2.03. The summed E-state index contributed by atoms with van der Waals surface area (Å²) >= 11 is 7.48. The zero-order valence-corrected chi connectivity index (χ0v) is 10.2. The topological polar surface area (TPSA) is 24.9 Å². The van der Waals surface area contributed by atoms with Crippen molar-refractivity contribution in [2.24, 2.45) is 0 Å². The van der Waals surface area contributed by atoms with E-state index in [1.165, 1.54) is 12.1 Å². The number of benzene rings is 1. The van der Waals surface area contributed by atoms with Gasteiger partial charge in [-0.05, 0) is 25.1 Å². The first kappa shape index (κ1) is 11.4. The van der Waals surface area contributed by atoms with Crippen LogP contribution in [0.5, 0.6) is 0 Å². The van der Waals surface area contributed by atoms with E-state index in [0.717, 1.165) is 10.7 Å². The summed E-state index contributed by atoms with van der Waals surface area (Å²) in [6.45, 7) is 2.55. The minimum Gasteiger partial charge on any atom is -0.378 e. The van der Waals surface area contributed by atoms with Crippen LogP contribution in [0.1, 0.15) is 10.7 Å². The Hall–Kier alpha value is -1.13. The number of hydrogen-bond donors (Lipinski definition) is 1.